The third-order valence-corrected chi connectivity index (χ3v) is 5.58. The van der Waals surface area contributed by atoms with Gasteiger partial charge in [0.1, 0.15) is 5.75 Å². The van der Waals surface area contributed by atoms with E-state index in [1.807, 2.05) is 26.0 Å². The number of carbonyl (C=O) groups is 1. The van der Waals surface area contributed by atoms with Crippen LogP contribution in [0.3, 0.4) is 0 Å². The zero-order valence-corrected chi connectivity index (χ0v) is 19.0. The molecule has 31 heavy (non-hydrogen) atoms. The molecule has 168 valence electrons. The van der Waals surface area contributed by atoms with Gasteiger partial charge in [0.15, 0.2) is 11.5 Å². The summed E-state index contributed by atoms with van der Waals surface area (Å²) < 4.78 is 16.5. The summed E-state index contributed by atoms with van der Waals surface area (Å²) in [6.45, 7) is 6.54. The van der Waals surface area contributed by atoms with Crippen LogP contribution in [0, 0.1) is 0 Å². The van der Waals surface area contributed by atoms with Gasteiger partial charge in [0.25, 0.3) is 5.91 Å². The molecule has 1 aliphatic rings. The maximum absolute atomic E-state index is 12.9. The molecule has 1 heterocycles. The summed E-state index contributed by atoms with van der Waals surface area (Å²) in [6.07, 6.45) is 3.68. The monoisotopic (exact) mass is 426 g/mol. The van der Waals surface area contributed by atoms with Gasteiger partial charge in [-0.25, -0.2) is 0 Å². The molecule has 1 fully saturated rings. The Balaban J connectivity index is 1.73. The molecular weight excluding hydrogens is 392 g/mol. The van der Waals surface area contributed by atoms with Crippen LogP contribution in [0.25, 0.3) is 0 Å². The van der Waals surface area contributed by atoms with Gasteiger partial charge in [0, 0.05) is 12.1 Å². The molecule has 1 atom stereocenters. The molecule has 0 bridgehead atoms. The lowest BCUT2D eigenvalue weighted by Crippen LogP contribution is -2.40. The van der Waals surface area contributed by atoms with Crippen LogP contribution >= 0.6 is 0 Å². The van der Waals surface area contributed by atoms with Crippen LogP contribution in [-0.4, -0.2) is 50.8 Å². The maximum atomic E-state index is 12.9. The summed E-state index contributed by atoms with van der Waals surface area (Å²) in [5, 5.41) is 3.13. The smallest absolute Gasteiger partial charge is 0.251 e. The lowest BCUT2D eigenvalue weighted by molar-refractivity contribution is 0.0924. The van der Waals surface area contributed by atoms with E-state index in [1.54, 1.807) is 32.4 Å². The van der Waals surface area contributed by atoms with Crippen molar-refractivity contribution in [1.82, 2.24) is 10.2 Å². The first kappa shape index (κ1) is 22.9. The lowest BCUT2D eigenvalue weighted by Gasteiger charge is -2.35. The number of carbonyl (C=O) groups excluding carboxylic acids is 1. The average molecular weight is 427 g/mol. The molecule has 1 saturated heterocycles. The number of rotatable bonds is 9. The van der Waals surface area contributed by atoms with Crippen molar-refractivity contribution in [3.63, 3.8) is 0 Å². The third-order valence-electron chi connectivity index (χ3n) is 5.58. The first-order chi connectivity index (χ1) is 15.0. The SMILES string of the molecule is COc1ccc(C(CNC(=O)c2ccc(OC(C)C)c(OC)c2)N2CCCCC2)cc1. The summed E-state index contributed by atoms with van der Waals surface area (Å²) in [5.74, 6) is 1.91. The highest BCUT2D eigenvalue weighted by atomic mass is 16.5. The molecule has 0 saturated carbocycles. The maximum Gasteiger partial charge on any atom is 0.251 e. The number of ether oxygens (including phenoxy) is 3. The van der Waals surface area contributed by atoms with Gasteiger partial charge < -0.3 is 19.5 Å². The van der Waals surface area contributed by atoms with Crippen LogP contribution in [0.5, 0.6) is 17.2 Å². The van der Waals surface area contributed by atoms with Crippen LogP contribution < -0.4 is 19.5 Å². The van der Waals surface area contributed by atoms with Crippen molar-refractivity contribution >= 4 is 5.91 Å². The minimum atomic E-state index is -0.120. The highest BCUT2D eigenvalue weighted by Crippen LogP contribution is 2.29. The molecule has 0 spiro atoms. The van der Waals surface area contributed by atoms with Crippen molar-refractivity contribution in [2.75, 3.05) is 33.9 Å². The van der Waals surface area contributed by atoms with Gasteiger partial charge in [0.05, 0.1) is 26.4 Å². The van der Waals surface area contributed by atoms with Crippen LogP contribution in [-0.2, 0) is 0 Å². The van der Waals surface area contributed by atoms with Gasteiger partial charge in [-0.3, -0.25) is 9.69 Å². The zero-order valence-electron chi connectivity index (χ0n) is 19.0. The van der Waals surface area contributed by atoms with E-state index < -0.39 is 0 Å². The molecule has 6 heteroatoms. The van der Waals surface area contributed by atoms with Crippen LogP contribution in [0.4, 0.5) is 0 Å². The van der Waals surface area contributed by atoms with Crippen molar-refractivity contribution in [3.8, 4) is 17.2 Å². The number of hydrogen-bond acceptors (Lipinski definition) is 5. The number of likely N-dealkylation sites (tertiary alicyclic amines) is 1. The van der Waals surface area contributed by atoms with Crippen LogP contribution in [0.15, 0.2) is 42.5 Å². The van der Waals surface area contributed by atoms with E-state index in [4.69, 9.17) is 14.2 Å². The topological polar surface area (TPSA) is 60.0 Å². The third kappa shape index (κ3) is 6.14. The predicted molar refractivity (Wildman–Crippen MR) is 122 cm³/mol. The van der Waals surface area contributed by atoms with Gasteiger partial charge in [-0.05, 0) is 75.7 Å². The van der Waals surface area contributed by atoms with Crippen molar-refractivity contribution < 1.29 is 19.0 Å². The summed E-state index contributed by atoms with van der Waals surface area (Å²) in [6, 6.07) is 13.6. The van der Waals surface area contributed by atoms with Gasteiger partial charge in [-0.15, -0.1) is 0 Å². The van der Waals surface area contributed by atoms with E-state index >= 15 is 0 Å². The normalized spacial score (nSPS) is 15.4. The summed E-state index contributed by atoms with van der Waals surface area (Å²) in [7, 11) is 3.25. The Morgan fingerprint density at radius 2 is 1.68 bits per heavy atom. The Hall–Kier alpha value is -2.73. The molecular formula is C25H34N2O4. The zero-order chi connectivity index (χ0) is 22.2. The number of benzene rings is 2. The second kappa shape index (κ2) is 11.0. The number of piperidine rings is 1. The Morgan fingerprint density at radius 1 is 0.968 bits per heavy atom. The molecule has 1 unspecified atom stereocenters. The van der Waals surface area contributed by atoms with Crippen molar-refractivity contribution in [1.29, 1.82) is 0 Å². The quantitative estimate of drug-likeness (QED) is 0.642. The minimum Gasteiger partial charge on any atom is -0.497 e. The van der Waals surface area contributed by atoms with Gasteiger partial charge in [0.2, 0.25) is 0 Å². The summed E-state index contributed by atoms with van der Waals surface area (Å²) in [5.41, 5.74) is 1.74. The number of methoxy groups -OCH3 is 2. The fourth-order valence-electron chi connectivity index (χ4n) is 3.97. The molecule has 0 aliphatic carbocycles. The molecule has 2 aromatic carbocycles. The van der Waals surface area contributed by atoms with E-state index in [1.165, 1.54) is 24.8 Å². The largest absolute Gasteiger partial charge is 0.497 e. The molecule has 3 rings (SSSR count). The minimum absolute atomic E-state index is 0.0309. The molecule has 2 aromatic rings. The Morgan fingerprint density at radius 3 is 2.29 bits per heavy atom. The molecule has 0 aromatic heterocycles. The van der Waals surface area contributed by atoms with Gasteiger partial charge in [-0.2, -0.15) is 0 Å². The molecule has 1 aliphatic heterocycles. The number of hydrogen-bond donors (Lipinski definition) is 1. The van der Waals surface area contributed by atoms with Crippen molar-refractivity contribution in [2.45, 2.75) is 45.3 Å². The van der Waals surface area contributed by atoms with Gasteiger partial charge >= 0.3 is 0 Å². The van der Waals surface area contributed by atoms with Crippen LogP contribution in [0.2, 0.25) is 0 Å². The number of nitrogens with one attached hydrogen (secondary N) is 1. The number of amides is 1. The molecule has 0 radical (unpaired) electrons. The molecule has 6 nitrogen and oxygen atoms in total. The molecule has 1 amide bonds. The summed E-state index contributed by atoms with van der Waals surface area (Å²) in [4.78, 5) is 15.4. The predicted octanol–water partition coefficient (Wildman–Crippen LogP) is 4.45. The first-order valence-electron chi connectivity index (χ1n) is 11.0. The average Bonchev–Trinajstić information content (AvgIpc) is 2.80. The van der Waals surface area contributed by atoms with E-state index in [0.29, 0.717) is 23.6 Å². The highest BCUT2D eigenvalue weighted by Gasteiger charge is 2.23. The number of nitrogens with zero attached hydrogens (tertiary/aromatic N) is 1. The second-order valence-electron chi connectivity index (χ2n) is 8.13. The van der Waals surface area contributed by atoms with E-state index in [2.05, 4.69) is 22.3 Å². The highest BCUT2D eigenvalue weighted by molar-refractivity contribution is 5.94. The van der Waals surface area contributed by atoms with Gasteiger partial charge in [-0.1, -0.05) is 18.6 Å². The Labute approximate surface area is 185 Å². The van der Waals surface area contributed by atoms with Crippen molar-refractivity contribution in [3.05, 3.63) is 53.6 Å². The van der Waals surface area contributed by atoms with Crippen molar-refractivity contribution in [2.24, 2.45) is 0 Å². The molecule has 1 N–H and O–H groups in total. The van der Waals surface area contributed by atoms with E-state index in [9.17, 15) is 4.79 Å². The fraction of sp³-hybridized carbons (Fsp3) is 0.480. The van der Waals surface area contributed by atoms with E-state index in [-0.39, 0.29) is 18.1 Å². The standard InChI is InChI=1S/C25H34N2O4/c1-18(2)31-23-13-10-20(16-24(23)30-4)25(28)26-17-22(27-14-6-5-7-15-27)19-8-11-21(29-3)12-9-19/h8-13,16,18,22H,5-7,14-15,17H2,1-4H3,(H,26,28). The van der Waals surface area contributed by atoms with Crippen LogP contribution in [0.1, 0.15) is 55.1 Å². The Kier molecular flexibility index (Phi) is 8.18. The lowest BCUT2D eigenvalue weighted by atomic mass is 10.0. The second-order valence-corrected chi connectivity index (χ2v) is 8.13. The summed E-state index contributed by atoms with van der Waals surface area (Å²) >= 11 is 0. The first-order valence-corrected chi connectivity index (χ1v) is 11.0. The fourth-order valence-corrected chi connectivity index (χ4v) is 3.97. The Bertz CT molecular complexity index is 845. The van der Waals surface area contributed by atoms with E-state index in [0.717, 1.165) is 18.8 Å².